The van der Waals surface area contributed by atoms with Gasteiger partial charge in [0.05, 0.1) is 16.8 Å². The summed E-state index contributed by atoms with van der Waals surface area (Å²) in [7, 11) is 0. The minimum Gasteiger partial charge on any atom is -0.423 e. The maximum absolute atomic E-state index is 13.1. The van der Waals surface area contributed by atoms with Crippen LogP contribution in [0.15, 0.2) is 78.4 Å². The van der Waals surface area contributed by atoms with Crippen molar-refractivity contribution in [3.8, 4) is 11.8 Å². The Bertz CT molecular complexity index is 1240. The van der Waals surface area contributed by atoms with E-state index in [1.807, 2.05) is 6.92 Å². The number of nitrogens with zero attached hydrogens (tertiary/aromatic N) is 1. The smallest absolute Gasteiger partial charge is 0.418 e. The van der Waals surface area contributed by atoms with Gasteiger partial charge in [0.2, 0.25) is 0 Å². The zero-order valence-corrected chi connectivity index (χ0v) is 17.3. The number of carbonyl (C=O) groups excluding carboxylic acids is 2. The van der Waals surface area contributed by atoms with E-state index < -0.39 is 34.9 Å². The maximum atomic E-state index is 13.1. The number of rotatable bonds is 5. The number of amides is 1. The molecule has 1 N–H and O–H groups in total. The van der Waals surface area contributed by atoms with Gasteiger partial charge in [-0.15, -0.1) is 0 Å². The average Bonchev–Trinajstić information content (AvgIpc) is 2.78. The Balaban J connectivity index is 1.73. The number of halogens is 3. The molecule has 8 heteroatoms. The molecule has 0 aliphatic heterocycles. The quantitative estimate of drug-likeness (QED) is 0.231. The van der Waals surface area contributed by atoms with Crippen LogP contribution in [-0.2, 0) is 11.0 Å². The summed E-state index contributed by atoms with van der Waals surface area (Å²) >= 11 is 0. The Morgan fingerprint density at radius 2 is 1.61 bits per heavy atom. The lowest BCUT2D eigenvalue weighted by Crippen LogP contribution is -2.17. The number of nitriles is 1. The molecule has 0 radical (unpaired) electrons. The van der Waals surface area contributed by atoms with Crippen molar-refractivity contribution >= 4 is 23.6 Å². The van der Waals surface area contributed by atoms with Crippen LogP contribution in [0.2, 0.25) is 0 Å². The highest BCUT2D eigenvalue weighted by atomic mass is 19.4. The predicted molar refractivity (Wildman–Crippen MR) is 116 cm³/mol. The molecule has 5 nitrogen and oxygen atoms in total. The summed E-state index contributed by atoms with van der Waals surface area (Å²) in [5.74, 6) is -1.28. The van der Waals surface area contributed by atoms with Crippen molar-refractivity contribution < 1.29 is 27.5 Å². The molecular formula is C25H17F3N2O3. The average molecular weight is 450 g/mol. The number of aryl methyl sites for hydroxylation is 1. The van der Waals surface area contributed by atoms with E-state index in [9.17, 15) is 28.0 Å². The minimum absolute atomic E-state index is 0.250. The van der Waals surface area contributed by atoms with Gasteiger partial charge in [-0.2, -0.15) is 18.4 Å². The third-order valence-electron chi connectivity index (χ3n) is 4.53. The van der Waals surface area contributed by atoms with Crippen molar-refractivity contribution in [2.45, 2.75) is 13.1 Å². The molecule has 0 aromatic heterocycles. The molecule has 3 aromatic rings. The van der Waals surface area contributed by atoms with Crippen molar-refractivity contribution in [2.24, 2.45) is 0 Å². The Morgan fingerprint density at radius 3 is 2.21 bits per heavy atom. The molecule has 0 unspecified atom stereocenters. The van der Waals surface area contributed by atoms with Gasteiger partial charge >= 0.3 is 12.1 Å². The van der Waals surface area contributed by atoms with Crippen LogP contribution >= 0.6 is 0 Å². The molecular weight excluding hydrogens is 433 g/mol. The van der Waals surface area contributed by atoms with Crippen LogP contribution in [0.25, 0.3) is 6.08 Å². The molecule has 0 spiro atoms. The van der Waals surface area contributed by atoms with Crippen LogP contribution < -0.4 is 10.1 Å². The lowest BCUT2D eigenvalue weighted by molar-refractivity contribution is -0.137. The van der Waals surface area contributed by atoms with Gasteiger partial charge in [-0.1, -0.05) is 42.0 Å². The zero-order valence-electron chi connectivity index (χ0n) is 17.3. The van der Waals surface area contributed by atoms with Crippen LogP contribution in [0.3, 0.4) is 0 Å². The van der Waals surface area contributed by atoms with Gasteiger partial charge in [0.15, 0.2) is 0 Å². The van der Waals surface area contributed by atoms with Gasteiger partial charge < -0.3 is 10.1 Å². The fourth-order valence-corrected chi connectivity index (χ4v) is 2.83. The first-order chi connectivity index (χ1) is 15.7. The third-order valence-corrected chi connectivity index (χ3v) is 4.53. The first kappa shape index (κ1) is 23.3. The van der Waals surface area contributed by atoms with Gasteiger partial charge in [0.1, 0.15) is 17.4 Å². The number of carbonyl (C=O) groups is 2. The molecule has 3 aromatic carbocycles. The second kappa shape index (κ2) is 9.83. The van der Waals surface area contributed by atoms with Crippen molar-refractivity contribution in [2.75, 3.05) is 5.32 Å². The fraction of sp³-hybridized carbons (Fsp3) is 0.0800. The Kier molecular flexibility index (Phi) is 6.94. The Morgan fingerprint density at radius 1 is 0.970 bits per heavy atom. The lowest BCUT2D eigenvalue weighted by atomic mass is 10.1. The number of hydrogen-bond acceptors (Lipinski definition) is 4. The van der Waals surface area contributed by atoms with Gasteiger partial charge in [-0.3, -0.25) is 4.79 Å². The van der Waals surface area contributed by atoms with Crippen molar-refractivity contribution in [1.29, 1.82) is 5.26 Å². The highest BCUT2D eigenvalue weighted by Gasteiger charge is 2.33. The molecule has 0 fully saturated rings. The van der Waals surface area contributed by atoms with Crippen LogP contribution in [-0.4, -0.2) is 11.9 Å². The lowest BCUT2D eigenvalue weighted by Gasteiger charge is -2.13. The minimum atomic E-state index is -4.66. The Hall–Kier alpha value is -4.38. The Labute approximate surface area is 187 Å². The molecule has 166 valence electrons. The van der Waals surface area contributed by atoms with Crippen molar-refractivity contribution in [3.05, 3.63) is 101 Å². The molecule has 0 saturated heterocycles. The van der Waals surface area contributed by atoms with Crippen molar-refractivity contribution in [3.63, 3.8) is 0 Å². The number of alkyl halides is 3. The van der Waals surface area contributed by atoms with Crippen LogP contribution in [0.1, 0.15) is 27.0 Å². The number of para-hydroxylation sites is 1. The normalized spacial score (nSPS) is 11.4. The second-order valence-electron chi connectivity index (χ2n) is 6.99. The van der Waals surface area contributed by atoms with Crippen LogP contribution in [0.5, 0.6) is 5.75 Å². The molecule has 0 atom stereocenters. The van der Waals surface area contributed by atoms with E-state index in [4.69, 9.17) is 4.74 Å². The first-order valence-electron chi connectivity index (χ1n) is 9.65. The number of hydrogen-bond donors (Lipinski definition) is 1. The fourth-order valence-electron chi connectivity index (χ4n) is 2.83. The largest absolute Gasteiger partial charge is 0.423 e. The zero-order chi connectivity index (χ0) is 24.0. The molecule has 0 heterocycles. The van der Waals surface area contributed by atoms with E-state index >= 15 is 0 Å². The van der Waals surface area contributed by atoms with E-state index in [-0.39, 0.29) is 5.75 Å². The van der Waals surface area contributed by atoms with Crippen LogP contribution in [0.4, 0.5) is 18.9 Å². The second-order valence-corrected chi connectivity index (χ2v) is 6.99. The van der Waals surface area contributed by atoms with E-state index in [2.05, 4.69) is 5.32 Å². The third kappa shape index (κ3) is 6.08. The van der Waals surface area contributed by atoms with E-state index in [0.29, 0.717) is 11.1 Å². The van der Waals surface area contributed by atoms with Gasteiger partial charge in [-0.05, 0) is 55.0 Å². The molecule has 0 saturated carbocycles. The molecule has 0 aliphatic carbocycles. The number of ether oxygens (including phenoxy) is 1. The number of anilines is 1. The number of benzene rings is 3. The number of nitrogens with one attached hydrogen (secondary N) is 1. The molecule has 0 bridgehead atoms. The van der Waals surface area contributed by atoms with Gasteiger partial charge in [0.25, 0.3) is 5.91 Å². The van der Waals surface area contributed by atoms with E-state index in [1.54, 1.807) is 30.3 Å². The van der Waals surface area contributed by atoms with Crippen molar-refractivity contribution in [1.82, 2.24) is 0 Å². The molecule has 33 heavy (non-hydrogen) atoms. The van der Waals surface area contributed by atoms with Gasteiger partial charge in [0, 0.05) is 0 Å². The van der Waals surface area contributed by atoms with E-state index in [1.165, 1.54) is 42.5 Å². The number of esters is 1. The van der Waals surface area contributed by atoms with Crippen LogP contribution in [0, 0.1) is 18.3 Å². The van der Waals surface area contributed by atoms with E-state index in [0.717, 1.165) is 17.7 Å². The molecule has 3 rings (SSSR count). The summed E-state index contributed by atoms with van der Waals surface area (Å²) < 4.78 is 44.6. The standard InChI is InChI=1S/C25H17F3N2O3/c1-16-6-10-18(11-7-16)24(32)33-20-12-8-17(9-13-20)14-19(15-29)23(31)30-22-5-3-2-4-21(22)25(26,27)28/h2-14H,1H3,(H,30,31)/b19-14-. The highest BCUT2D eigenvalue weighted by molar-refractivity contribution is 6.10. The summed E-state index contributed by atoms with van der Waals surface area (Å²) in [4.78, 5) is 24.6. The SMILES string of the molecule is Cc1ccc(C(=O)Oc2ccc(/C=C(/C#N)C(=O)Nc3ccccc3C(F)(F)F)cc2)cc1. The van der Waals surface area contributed by atoms with Gasteiger partial charge in [-0.25, -0.2) is 4.79 Å². The highest BCUT2D eigenvalue weighted by Crippen LogP contribution is 2.34. The maximum Gasteiger partial charge on any atom is 0.418 e. The monoisotopic (exact) mass is 450 g/mol. The summed E-state index contributed by atoms with van der Waals surface area (Å²) in [5, 5.41) is 11.4. The molecule has 0 aliphatic rings. The summed E-state index contributed by atoms with van der Waals surface area (Å²) in [6.45, 7) is 1.90. The first-order valence-corrected chi connectivity index (χ1v) is 9.65. The topological polar surface area (TPSA) is 79.2 Å². The summed E-state index contributed by atoms with van der Waals surface area (Å²) in [6, 6.07) is 19.0. The molecule has 1 amide bonds. The summed E-state index contributed by atoms with van der Waals surface area (Å²) in [6.07, 6.45) is -3.44. The predicted octanol–water partition coefficient (Wildman–Crippen LogP) is 5.78. The summed E-state index contributed by atoms with van der Waals surface area (Å²) in [5.41, 5.74) is -0.0590.